The van der Waals surface area contributed by atoms with Crippen molar-refractivity contribution in [3.8, 4) is 0 Å². The van der Waals surface area contributed by atoms with Crippen LogP contribution in [0.4, 0.5) is 0 Å². The fourth-order valence-electron chi connectivity index (χ4n) is 1.79. The second kappa shape index (κ2) is 7.22. The minimum atomic E-state index is 0.0200. The zero-order valence-electron chi connectivity index (χ0n) is 11.0. The number of nitrogens with zero attached hydrogens (tertiary/aromatic N) is 2. The van der Waals surface area contributed by atoms with E-state index in [1.54, 1.807) is 10.9 Å². The summed E-state index contributed by atoms with van der Waals surface area (Å²) in [7, 11) is 0. The number of nitrogens with one attached hydrogen (secondary N) is 1. The number of rotatable bonds is 7. The van der Waals surface area contributed by atoms with Crippen molar-refractivity contribution in [2.45, 2.75) is 46.2 Å². The normalized spacial score (nSPS) is 14.5. The smallest absolute Gasteiger partial charge is 0.253 e. The molecule has 1 rings (SSSR count). The van der Waals surface area contributed by atoms with E-state index in [1.807, 2.05) is 0 Å². The Hall–Kier alpha value is -1.16. The van der Waals surface area contributed by atoms with Gasteiger partial charge < -0.3 is 5.32 Å². The highest BCUT2D eigenvalue weighted by Gasteiger charge is 2.15. The Labute approximate surface area is 103 Å². The molecule has 1 aromatic rings. The Bertz CT molecular complexity index is 375. The van der Waals surface area contributed by atoms with Gasteiger partial charge in [-0.1, -0.05) is 27.2 Å². The second-order valence-corrected chi connectivity index (χ2v) is 4.52. The third-order valence-electron chi connectivity index (χ3n) is 3.17. The van der Waals surface area contributed by atoms with Crippen molar-refractivity contribution < 1.29 is 0 Å². The summed E-state index contributed by atoms with van der Waals surface area (Å²) < 4.78 is 1.68. The van der Waals surface area contributed by atoms with E-state index in [0.29, 0.717) is 18.5 Å². The molecule has 17 heavy (non-hydrogen) atoms. The van der Waals surface area contributed by atoms with Crippen LogP contribution in [0.15, 0.2) is 23.4 Å². The number of hydrogen-bond acceptors (Lipinski definition) is 3. The molecule has 0 saturated heterocycles. The minimum Gasteiger partial charge on any atom is -0.312 e. The number of hydrogen-bond donors (Lipinski definition) is 1. The molecule has 0 aliphatic heterocycles. The molecule has 0 radical (unpaired) electrons. The zero-order chi connectivity index (χ0) is 12.7. The van der Waals surface area contributed by atoms with Gasteiger partial charge in [0.05, 0.1) is 6.33 Å². The van der Waals surface area contributed by atoms with Gasteiger partial charge in [0, 0.05) is 24.8 Å². The summed E-state index contributed by atoms with van der Waals surface area (Å²) in [5, 5.41) is 3.51. The monoisotopic (exact) mass is 237 g/mol. The molecule has 0 spiro atoms. The van der Waals surface area contributed by atoms with Gasteiger partial charge in [0.1, 0.15) is 0 Å². The second-order valence-electron chi connectivity index (χ2n) is 4.52. The van der Waals surface area contributed by atoms with Crippen LogP contribution in [0.5, 0.6) is 0 Å². The summed E-state index contributed by atoms with van der Waals surface area (Å²) >= 11 is 0. The van der Waals surface area contributed by atoms with Gasteiger partial charge in [0.2, 0.25) is 0 Å². The van der Waals surface area contributed by atoms with Gasteiger partial charge in [0.15, 0.2) is 0 Å². The molecule has 0 bridgehead atoms. The van der Waals surface area contributed by atoms with E-state index in [4.69, 9.17) is 0 Å². The molecule has 0 aromatic carbocycles. The molecule has 0 fully saturated rings. The van der Waals surface area contributed by atoms with Gasteiger partial charge in [-0.05, 0) is 18.9 Å². The van der Waals surface area contributed by atoms with Gasteiger partial charge in [-0.25, -0.2) is 4.98 Å². The molecule has 2 unspecified atom stereocenters. The van der Waals surface area contributed by atoms with Crippen LogP contribution in [0.25, 0.3) is 0 Å². The first-order chi connectivity index (χ1) is 8.19. The van der Waals surface area contributed by atoms with Crippen LogP contribution >= 0.6 is 0 Å². The van der Waals surface area contributed by atoms with Gasteiger partial charge in [-0.3, -0.25) is 9.36 Å². The SMILES string of the molecule is CCCNC(Cn1cnccc1=O)C(C)CC. The molecule has 4 nitrogen and oxygen atoms in total. The third-order valence-corrected chi connectivity index (χ3v) is 3.17. The maximum atomic E-state index is 11.6. The summed E-state index contributed by atoms with van der Waals surface area (Å²) in [6, 6.07) is 1.84. The van der Waals surface area contributed by atoms with Crippen molar-refractivity contribution in [1.29, 1.82) is 0 Å². The Morgan fingerprint density at radius 3 is 2.82 bits per heavy atom. The van der Waals surface area contributed by atoms with Crippen molar-refractivity contribution >= 4 is 0 Å². The predicted octanol–water partition coefficient (Wildman–Crippen LogP) is 1.66. The van der Waals surface area contributed by atoms with Gasteiger partial charge in [-0.2, -0.15) is 0 Å². The van der Waals surface area contributed by atoms with Crippen LogP contribution < -0.4 is 10.9 Å². The number of aromatic nitrogens is 2. The first-order valence-electron chi connectivity index (χ1n) is 6.42. The maximum absolute atomic E-state index is 11.6. The van der Waals surface area contributed by atoms with Crippen LogP contribution in [0.2, 0.25) is 0 Å². The largest absolute Gasteiger partial charge is 0.312 e. The zero-order valence-corrected chi connectivity index (χ0v) is 11.0. The summed E-state index contributed by atoms with van der Waals surface area (Å²) in [4.78, 5) is 15.6. The van der Waals surface area contributed by atoms with Crippen LogP contribution in [0.3, 0.4) is 0 Å². The van der Waals surface area contributed by atoms with E-state index < -0.39 is 0 Å². The standard InChI is InChI=1S/C13H23N3O/c1-4-7-15-12(11(3)5-2)9-16-10-14-8-6-13(16)17/h6,8,10-12,15H,4-5,7,9H2,1-3H3. The van der Waals surface area contributed by atoms with Gasteiger partial charge >= 0.3 is 0 Å². The lowest BCUT2D eigenvalue weighted by Gasteiger charge is -2.24. The van der Waals surface area contributed by atoms with E-state index in [-0.39, 0.29) is 5.56 Å². The summed E-state index contributed by atoms with van der Waals surface area (Å²) in [6.45, 7) is 8.23. The average molecular weight is 237 g/mol. The lowest BCUT2D eigenvalue weighted by molar-refractivity contribution is 0.325. The van der Waals surface area contributed by atoms with Crippen molar-refractivity contribution in [2.75, 3.05) is 6.54 Å². The molecular weight excluding hydrogens is 214 g/mol. The molecule has 96 valence electrons. The molecule has 1 N–H and O–H groups in total. The Balaban J connectivity index is 2.72. The van der Waals surface area contributed by atoms with E-state index in [2.05, 4.69) is 31.1 Å². The average Bonchev–Trinajstić information content (AvgIpc) is 2.35. The van der Waals surface area contributed by atoms with E-state index in [0.717, 1.165) is 19.4 Å². The van der Waals surface area contributed by atoms with Gasteiger partial charge in [-0.15, -0.1) is 0 Å². The Morgan fingerprint density at radius 1 is 1.47 bits per heavy atom. The molecule has 0 aliphatic rings. The highest BCUT2D eigenvalue weighted by Crippen LogP contribution is 2.09. The Morgan fingerprint density at radius 2 is 2.24 bits per heavy atom. The maximum Gasteiger partial charge on any atom is 0.253 e. The van der Waals surface area contributed by atoms with Crippen molar-refractivity contribution in [2.24, 2.45) is 5.92 Å². The first-order valence-corrected chi connectivity index (χ1v) is 6.42. The van der Waals surface area contributed by atoms with E-state index >= 15 is 0 Å². The van der Waals surface area contributed by atoms with Crippen LogP contribution in [0, 0.1) is 5.92 Å². The van der Waals surface area contributed by atoms with E-state index in [9.17, 15) is 4.79 Å². The lowest BCUT2D eigenvalue weighted by Crippen LogP contribution is -2.41. The van der Waals surface area contributed by atoms with E-state index in [1.165, 1.54) is 12.3 Å². The predicted molar refractivity (Wildman–Crippen MR) is 70.0 cm³/mol. The highest BCUT2D eigenvalue weighted by atomic mass is 16.1. The summed E-state index contributed by atoms with van der Waals surface area (Å²) in [6.07, 6.45) is 5.37. The molecule has 0 amide bonds. The lowest BCUT2D eigenvalue weighted by atomic mass is 9.99. The molecule has 0 saturated carbocycles. The summed E-state index contributed by atoms with van der Waals surface area (Å²) in [5.74, 6) is 0.550. The van der Waals surface area contributed by atoms with Crippen LogP contribution in [0.1, 0.15) is 33.6 Å². The quantitative estimate of drug-likeness (QED) is 0.784. The van der Waals surface area contributed by atoms with Gasteiger partial charge in [0.25, 0.3) is 5.56 Å². The fraction of sp³-hybridized carbons (Fsp3) is 0.692. The fourth-order valence-corrected chi connectivity index (χ4v) is 1.79. The third kappa shape index (κ3) is 4.30. The molecule has 2 atom stereocenters. The first kappa shape index (κ1) is 13.9. The van der Waals surface area contributed by atoms with Crippen LogP contribution in [-0.2, 0) is 6.54 Å². The molecule has 0 aliphatic carbocycles. The Kier molecular flexibility index (Phi) is 5.91. The van der Waals surface area contributed by atoms with Crippen molar-refractivity contribution in [3.05, 3.63) is 28.9 Å². The molecular formula is C13H23N3O. The van der Waals surface area contributed by atoms with Crippen molar-refractivity contribution in [1.82, 2.24) is 14.9 Å². The summed E-state index contributed by atoms with van der Waals surface area (Å²) in [5.41, 5.74) is 0.0200. The van der Waals surface area contributed by atoms with Crippen molar-refractivity contribution in [3.63, 3.8) is 0 Å². The topological polar surface area (TPSA) is 46.9 Å². The van der Waals surface area contributed by atoms with Crippen LogP contribution in [-0.4, -0.2) is 22.1 Å². The minimum absolute atomic E-state index is 0.0200. The highest BCUT2D eigenvalue weighted by molar-refractivity contribution is 4.84. The molecule has 1 aromatic heterocycles. The molecule has 1 heterocycles. The molecule has 4 heteroatoms.